The Morgan fingerprint density at radius 2 is 1.86 bits per heavy atom. The van der Waals surface area contributed by atoms with Gasteiger partial charge in [0.1, 0.15) is 0 Å². The third kappa shape index (κ3) is 3.27. The molecule has 5 nitrogen and oxygen atoms in total. The van der Waals surface area contributed by atoms with Crippen molar-refractivity contribution in [1.29, 1.82) is 0 Å². The fourth-order valence-corrected chi connectivity index (χ4v) is 3.21. The maximum atomic E-state index is 12.4. The van der Waals surface area contributed by atoms with Crippen LogP contribution in [-0.2, 0) is 0 Å². The second-order valence-corrected chi connectivity index (χ2v) is 6.24. The zero-order valence-corrected chi connectivity index (χ0v) is 13.1. The first-order valence-corrected chi connectivity index (χ1v) is 8.11. The number of fused-ring (bicyclic) bond motifs is 1. The van der Waals surface area contributed by atoms with Gasteiger partial charge in [0.2, 0.25) is 0 Å². The number of H-pyrrole nitrogens is 2. The molecular weight excluding hydrogens is 298 g/mol. The lowest BCUT2D eigenvalue weighted by Gasteiger charge is -2.16. The lowest BCUT2D eigenvalue weighted by atomic mass is 10.1. The van der Waals surface area contributed by atoms with E-state index in [2.05, 4.69) is 15.3 Å². The van der Waals surface area contributed by atoms with Crippen molar-refractivity contribution in [2.24, 2.45) is 0 Å². The molecule has 1 aromatic carbocycles. The van der Waals surface area contributed by atoms with E-state index >= 15 is 0 Å². The van der Waals surface area contributed by atoms with E-state index in [-0.39, 0.29) is 22.3 Å². The van der Waals surface area contributed by atoms with Crippen LogP contribution in [0.25, 0.3) is 10.9 Å². The van der Waals surface area contributed by atoms with Crippen LogP contribution < -0.4 is 10.9 Å². The maximum Gasteiger partial charge on any atom is 0.259 e. The average molecular weight is 317 g/mol. The van der Waals surface area contributed by atoms with Crippen molar-refractivity contribution in [3.63, 3.8) is 0 Å². The molecule has 0 spiro atoms. The highest BCUT2D eigenvalue weighted by atomic mass is 32.1. The molecule has 0 atom stereocenters. The summed E-state index contributed by atoms with van der Waals surface area (Å²) in [6.07, 6.45) is 6.93. The van der Waals surface area contributed by atoms with Gasteiger partial charge in [0.05, 0.1) is 10.9 Å². The van der Waals surface area contributed by atoms with E-state index in [4.69, 9.17) is 12.2 Å². The van der Waals surface area contributed by atoms with Crippen LogP contribution in [0.4, 0.5) is 0 Å². The standard InChI is InChI=1S/C16H19N3O2S/c20-14(17-11-5-3-1-2-4-6-11)10-7-8-12-13(9-10)18-16(22)19-15(12)21/h7-9,11H,1-6H2,(H,17,20)(H2,18,19,21,22). The van der Waals surface area contributed by atoms with Crippen molar-refractivity contribution in [1.82, 2.24) is 15.3 Å². The van der Waals surface area contributed by atoms with E-state index in [1.807, 2.05) is 0 Å². The van der Waals surface area contributed by atoms with Crippen LogP contribution in [-0.4, -0.2) is 21.9 Å². The second kappa shape index (κ2) is 6.44. The van der Waals surface area contributed by atoms with Gasteiger partial charge in [-0.3, -0.25) is 14.6 Å². The Morgan fingerprint density at radius 1 is 1.14 bits per heavy atom. The third-order valence-electron chi connectivity index (χ3n) is 4.19. The van der Waals surface area contributed by atoms with Crippen LogP contribution in [0.5, 0.6) is 0 Å². The molecule has 0 aliphatic heterocycles. The van der Waals surface area contributed by atoms with Crippen molar-refractivity contribution in [3.8, 4) is 0 Å². The third-order valence-corrected chi connectivity index (χ3v) is 4.40. The van der Waals surface area contributed by atoms with Gasteiger partial charge in [0.25, 0.3) is 11.5 Å². The predicted octanol–water partition coefficient (Wildman–Crippen LogP) is 3.04. The summed E-state index contributed by atoms with van der Waals surface area (Å²) in [5, 5.41) is 3.60. The number of aromatic nitrogens is 2. The zero-order valence-electron chi connectivity index (χ0n) is 12.3. The van der Waals surface area contributed by atoms with Gasteiger partial charge in [-0.05, 0) is 43.3 Å². The van der Waals surface area contributed by atoms with Gasteiger partial charge in [-0.25, -0.2) is 0 Å². The molecule has 1 saturated carbocycles. The Labute approximate surface area is 133 Å². The second-order valence-electron chi connectivity index (χ2n) is 5.83. The van der Waals surface area contributed by atoms with Gasteiger partial charge in [-0.1, -0.05) is 25.7 Å². The number of hydrogen-bond donors (Lipinski definition) is 3. The topological polar surface area (TPSA) is 77.8 Å². The number of nitrogens with one attached hydrogen (secondary N) is 3. The Bertz CT molecular complexity index is 801. The highest BCUT2D eigenvalue weighted by Gasteiger charge is 2.16. The maximum absolute atomic E-state index is 12.4. The molecule has 6 heteroatoms. The molecule has 1 aliphatic carbocycles. The monoisotopic (exact) mass is 317 g/mol. The van der Waals surface area contributed by atoms with Crippen LogP contribution in [0.15, 0.2) is 23.0 Å². The number of carbonyl (C=O) groups excluding carboxylic acids is 1. The summed E-state index contributed by atoms with van der Waals surface area (Å²) in [5.74, 6) is -0.0894. The molecule has 3 N–H and O–H groups in total. The van der Waals surface area contributed by atoms with Gasteiger partial charge in [0.15, 0.2) is 4.77 Å². The number of rotatable bonds is 2. The highest BCUT2D eigenvalue weighted by molar-refractivity contribution is 7.71. The van der Waals surface area contributed by atoms with Crippen molar-refractivity contribution >= 4 is 29.0 Å². The highest BCUT2D eigenvalue weighted by Crippen LogP contribution is 2.18. The summed E-state index contributed by atoms with van der Waals surface area (Å²) >= 11 is 4.97. The van der Waals surface area contributed by atoms with E-state index in [0.717, 1.165) is 12.8 Å². The Kier molecular flexibility index (Phi) is 4.38. The van der Waals surface area contributed by atoms with E-state index in [0.29, 0.717) is 16.5 Å². The van der Waals surface area contributed by atoms with Gasteiger partial charge >= 0.3 is 0 Å². The van der Waals surface area contributed by atoms with Crippen molar-refractivity contribution in [2.75, 3.05) is 0 Å². The molecule has 0 unspecified atom stereocenters. The van der Waals surface area contributed by atoms with Crippen molar-refractivity contribution in [3.05, 3.63) is 38.9 Å². The van der Waals surface area contributed by atoms with E-state index in [9.17, 15) is 9.59 Å². The normalized spacial score (nSPS) is 16.4. The summed E-state index contributed by atoms with van der Waals surface area (Å²) in [6, 6.07) is 5.28. The quantitative estimate of drug-likeness (QED) is 0.588. The molecule has 0 bridgehead atoms. The van der Waals surface area contributed by atoms with Gasteiger partial charge in [-0.2, -0.15) is 0 Å². The van der Waals surface area contributed by atoms with Crippen LogP contribution in [0, 0.1) is 4.77 Å². The molecule has 0 radical (unpaired) electrons. The van der Waals surface area contributed by atoms with Crippen LogP contribution in [0.2, 0.25) is 0 Å². The van der Waals surface area contributed by atoms with Crippen LogP contribution in [0.3, 0.4) is 0 Å². The summed E-state index contributed by atoms with van der Waals surface area (Å²) in [7, 11) is 0. The molecule has 1 aromatic heterocycles. The van der Waals surface area contributed by atoms with Crippen LogP contribution in [0.1, 0.15) is 48.9 Å². The van der Waals surface area contributed by atoms with Crippen LogP contribution >= 0.6 is 12.2 Å². The van der Waals surface area contributed by atoms with E-state index in [1.54, 1.807) is 18.2 Å². The molecule has 22 heavy (non-hydrogen) atoms. The average Bonchev–Trinajstić information content (AvgIpc) is 2.75. The minimum Gasteiger partial charge on any atom is -0.349 e. The van der Waals surface area contributed by atoms with E-state index < -0.39 is 0 Å². The molecule has 0 saturated heterocycles. The van der Waals surface area contributed by atoms with Crippen molar-refractivity contribution in [2.45, 2.75) is 44.6 Å². The number of aromatic amines is 2. The number of amides is 1. The summed E-state index contributed by atoms with van der Waals surface area (Å²) in [6.45, 7) is 0. The lowest BCUT2D eigenvalue weighted by Crippen LogP contribution is -2.34. The summed E-state index contributed by atoms with van der Waals surface area (Å²) < 4.78 is 0.263. The number of carbonyl (C=O) groups is 1. The lowest BCUT2D eigenvalue weighted by molar-refractivity contribution is 0.0933. The molecule has 1 fully saturated rings. The molecule has 1 heterocycles. The minimum atomic E-state index is -0.241. The molecule has 1 aliphatic rings. The first kappa shape index (κ1) is 15.0. The molecule has 116 valence electrons. The first-order valence-electron chi connectivity index (χ1n) is 7.71. The minimum absolute atomic E-state index is 0.0894. The Morgan fingerprint density at radius 3 is 2.59 bits per heavy atom. The van der Waals surface area contributed by atoms with Crippen molar-refractivity contribution < 1.29 is 4.79 Å². The van der Waals surface area contributed by atoms with E-state index in [1.165, 1.54) is 25.7 Å². The van der Waals surface area contributed by atoms with Gasteiger partial charge < -0.3 is 10.3 Å². The molecule has 1 amide bonds. The fraction of sp³-hybridized carbons (Fsp3) is 0.438. The number of hydrogen-bond acceptors (Lipinski definition) is 3. The zero-order chi connectivity index (χ0) is 15.5. The predicted molar refractivity (Wildman–Crippen MR) is 88.7 cm³/mol. The molecule has 2 aromatic rings. The van der Waals surface area contributed by atoms with Gasteiger partial charge in [-0.15, -0.1) is 0 Å². The SMILES string of the molecule is O=C(NC1CCCCCC1)c1ccc2c(=O)[nH]c(=S)[nH]c2c1. The summed E-state index contributed by atoms with van der Waals surface area (Å²) in [5.41, 5.74) is 0.893. The van der Waals surface area contributed by atoms with Gasteiger partial charge in [0, 0.05) is 11.6 Å². The first-order chi connectivity index (χ1) is 10.6. The molecule has 3 rings (SSSR count). The largest absolute Gasteiger partial charge is 0.349 e. The molecular formula is C16H19N3O2S. The Hall–Kier alpha value is -1.95. The fourth-order valence-electron chi connectivity index (χ4n) is 3.00. The Balaban J connectivity index is 1.84. The number of benzene rings is 1. The smallest absolute Gasteiger partial charge is 0.259 e. The summed E-state index contributed by atoms with van der Waals surface area (Å²) in [4.78, 5) is 29.7.